The van der Waals surface area contributed by atoms with Gasteiger partial charge in [-0.1, -0.05) is 44.0 Å². The lowest BCUT2D eigenvalue weighted by Gasteiger charge is -2.33. The largest absolute Gasteiger partial charge is 0.454 e. The fourth-order valence-corrected chi connectivity index (χ4v) is 5.05. The first-order chi connectivity index (χ1) is 14.9. The number of carbonyl (C=O) groups is 4. The van der Waals surface area contributed by atoms with Crippen LogP contribution >= 0.6 is 0 Å². The van der Waals surface area contributed by atoms with Crippen molar-refractivity contribution in [1.29, 1.82) is 0 Å². The number of imide groups is 1. The summed E-state index contributed by atoms with van der Waals surface area (Å²) in [5.74, 6) is -1.19. The van der Waals surface area contributed by atoms with E-state index in [-0.39, 0.29) is 11.9 Å². The van der Waals surface area contributed by atoms with Crippen molar-refractivity contribution in [3.05, 3.63) is 35.4 Å². The van der Waals surface area contributed by atoms with Gasteiger partial charge in [0.15, 0.2) is 6.61 Å². The summed E-state index contributed by atoms with van der Waals surface area (Å²) in [6.45, 7) is 1.17. The van der Waals surface area contributed by atoms with Crippen molar-refractivity contribution in [2.75, 3.05) is 13.2 Å². The lowest BCUT2D eigenvalue weighted by molar-refractivity contribution is -0.151. The SMILES string of the molecule is C[C@H]1CCCC[C@H]1NC(=O)COC(=O)CN1C(=O)N[C@]2(CCCc3ccccc32)C1=O. The molecule has 31 heavy (non-hydrogen) atoms. The third-order valence-corrected chi connectivity index (χ3v) is 6.76. The van der Waals surface area contributed by atoms with E-state index >= 15 is 0 Å². The van der Waals surface area contributed by atoms with Crippen molar-refractivity contribution in [3.63, 3.8) is 0 Å². The number of hydrogen-bond donors (Lipinski definition) is 2. The van der Waals surface area contributed by atoms with Gasteiger partial charge < -0.3 is 15.4 Å². The van der Waals surface area contributed by atoms with Crippen LogP contribution in [0.5, 0.6) is 0 Å². The van der Waals surface area contributed by atoms with Crippen molar-refractivity contribution >= 4 is 23.8 Å². The van der Waals surface area contributed by atoms with Gasteiger partial charge in [-0.05, 0) is 49.1 Å². The van der Waals surface area contributed by atoms with Crippen LogP contribution in [-0.2, 0) is 31.1 Å². The van der Waals surface area contributed by atoms with Crippen LogP contribution in [0.15, 0.2) is 24.3 Å². The molecule has 3 atom stereocenters. The Bertz CT molecular complexity index is 901. The summed E-state index contributed by atoms with van der Waals surface area (Å²) in [5, 5.41) is 5.72. The molecule has 0 radical (unpaired) electrons. The van der Waals surface area contributed by atoms with E-state index in [4.69, 9.17) is 4.74 Å². The molecule has 1 spiro atoms. The van der Waals surface area contributed by atoms with E-state index in [1.807, 2.05) is 24.3 Å². The van der Waals surface area contributed by atoms with Crippen molar-refractivity contribution < 1.29 is 23.9 Å². The van der Waals surface area contributed by atoms with Crippen LogP contribution in [0.25, 0.3) is 0 Å². The first kappa shape index (κ1) is 21.3. The summed E-state index contributed by atoms with van der Waals surface area (Å²) in [7, 11) is 0. The molecule has 1 aromatic rings. The number of benzene rings is 1. The number of amides is 4. The molecule has 2 fully saturated rings. The van der Waals surface area contributed by atoms with Gasteiger partial charge in [-0.3, -0.25) is 19.3 Å². The van der Waals surface area contributed by atoms with Gasteiger partial charge in [0.05, 0.1) is 0 Å². The van der Waals surface area contributed by atoms with Crippen molar-refractivity contribution in [3.8, 4) is 0 Å². The highest BCUT2D eigenvalue weighted by atomic mass is 16.5. The zero-order chi connectivity index (χ0) is 22.0. The van der Waals surface area contributed by atoms with E-state index in [9.17, 15) is 19.2 Å². The lowest BCUT2D eigenvalue weighted by Crippen LogP contribution is -2.47. The van der Waals surface area contributed by atoms with Crippen LogP contribution in [0.2, 0.25) is 0 Å². The number of fused-ring (bicyclic) bond motifs is 2. The van der Waals surface area contributed by atoms with E-state index in [0.29, 0.717) is 12.3 Å². The lowest BCUT2D eigenvalue weighted by atomic mass is 9.76. The van der Waals surface area contributed by atoms with Gasteiger partial charge in [0.1, 0.15) is 12.1 Å². The van der Waals surface area contributed by atoms with Gasteiger partial charge in [0.25, 0.3) is 11.8 Å². The van der Waals surface area contributed by atoms with Crippen LogP contribution in [0, 0.1) is 5.92 Å². The van der Waals surface area contributed by atoms with Gasteiger partial charge in [-0.25, -0.2) is 4.79 Å². The Kier molecular flexibility index (Phi) is 5.98. The van der Waals surface area contributed by atoms with Gasteiger partial charge in [-0.2, -0.15) is 0 Å². The topological polar surface area (TPSA) is 105 Å². The average molecular weight is 428 g/mol. The molecule has 1 heterocycles. The molecule has 1 saturated heterocycles. The molecule has 0 bridgehead atoms. The minimum atomic E-state index is -1.12. The third-order valence-electron chi connectivity index (χ3n) is 6.76. The monoisotopic (exact) mass is 427 g/mol. The number of carbonyl (C=O) groups excluding carboxylic acids is 4. The van der Waals surface area contributed by atoms with Crippen LogP contribution in [0.4, 0.5) is 4.79 Å². The smallest absolute Gasteiger partial charge is 0.326 e. The van der Waals surface area contributed by atoms with Gasteiger partial charge in [0, 0.05) is 6.04 Å². The van der Waals surface area contributed by atoms with Crippen molar-refractivity contribution in [2.24, 2.45) is 5.92 Å². The van der Waals surface area contributed by atoms with Crippen LogP contribution in [0.3, 0.4) is 0 Å². The molecule has 2 aliphatic carbocycles. The standard InChI is InChI=1S/C23H29N3O5/c1-15-7-2-5-11-18(15)24-19(27)14-31-20(28)13-26-21(29)23(25-22(26)30)12-6-9-16-8-3-4-10-17(16)23/h3-4,8,10,15,18H,2,5-7,9,11-14H2,1H3,(H,24,27)(H,25,30)/t15-,18+,23-/m0/s1. The second kappa shape index (κ2) is 8.69. The van der Waals surface area contributed by atoms with Crippen LogP contribution in [0.1, 0.15) is 56.6 Å². The Morgan fingerprint density at radius 2 is 1.97 bits per heavy atom. The van der Waals surface area contributed by atoms with E-state index < -0.39 is 36.6 Å². The molecular weight excluding hydrogens is 398 g/mol. The number of esters is 1. The van der Waals surface area contributed by atoms with Gasteiger partial charge >= 0.3 is 12.0 Å². The number of ether oxygens (including phenoxy) is 1. The first-order valence-electron chi connectivity index (χ1n) is 11.1. The molecule has 1 aliphatic heterocycles. The molecule has 4 rings (SSSR count). The summed E-state index contributed by atoms with van der Waals surface area (Å²) < 4.78 is 5.06. The van der Waals surface area contributed by atoms with Crippen molar-refractivity contribution in [1.82, 2.24) is 15.5 Å². The summed E-state index contributed by atoms with van der Waals surface area (Å²) in [4.78, 5) is 51.1. The zero-order valence-corrected chi connectivity index (χ0v) is 17.8. The second-order valence-electron chi connectivity index (χ2n) is 8.83. The minimum absolute atomic E-state index is 0.0946. The normalized spacial score (nSPS) is 27.6. The Labute approximate surface area is 181 Å². The van der Waals surface area contributed by atoms with E-state index in [2.05, 4.69) is 17.6 Å². The highest BCUT2D eigenvalue weighted by Gasteiger charge is 2.54. The Balaban J connectivity index is 1.34. The predicted octanol–water partition coefficient (Wildman–Crippen LogP) is 2.01. The molecule has 1 aromatic carbocycles. The van der Waals surface area contributed by atoms with E-state index in [0.717, 1.165) is 48.1 Å². The number of nitrogens with zero attached hydrogens (tertiary/aromatic N) is 1. The second-order valence-corrected chi connectivity index (χ2v) is 8.83. The quantitative estimate of drug-likeness (QED) is 0.553. The van der Waals surface area contributed by atoms with E-state index in [1.54, 1.807) is 0 Å². The van der Waals surface area contributed by atoms with Crippen LogP contribution < -0.4 is 10.6 Å². The summed E-state index contributed by atoms with van der Waals surface area (Å²) in [5.41, 5.74) is 0.692. The molecule has 8 heteroatoms. The highest BCUT2D eigenvalue weighted by molar-refractivity contribution is 6.09. The predicted molar refractivity (Wildman–Crippen MR) is 112 cm³/mol. The summed E-state index contributed by atoms with van der Waals surface area (Å²) >= 11 is 0. The van der Waals surface area contributed by atoms with Crippen LogP contribution in [-0.4, -0.2) is 47.9 Å². The van der Waals surface area contributed by atoms with Gasteiger partial charge in [0.2, 0.25) is 0 Å². The fraction of sp³-hybridized carbons (Fsp3) is 0.565. The van der Waals surface area contributed by atoms with Gasteiger partial charge in [-0.15, -0.1) is 0 Å². The van der Waals surface area contributed by atoms with Crippen molar-refractivity contribution in [2.45, 2.75) is 63.5 Å². The number of nitrogens with one attached hydrogen (secondary N) is 2. The maximum Gasteiger partial charge on any atom is 0.326 e. The maximum atomic E-state index is 13.2. The summed E-state index contributed by atoms with van der Waals surface area (Å²) in [6.07, 6.45) is 6.34. The molecule has 1 saturated carbocycles. The fourth-order valence-electron chi connectivity index (χ4n) is 5.05. The molecule has 8 nitrogen and oxygen atoms in total. The Morgan fingerprint density at radius 3 is 2.77 bits per heavy atom. The zero-order valence-electron chi connectivity index (χ0n) is 17.8. The highest BCUT2D eigenvalue weighted by Crippen LogP contribution is 2.39. The maximum absolute atomic E-state index is 13.2. The minimum Gasteiger partial charge on any atom is -0.454 e. The molecular formula is C23H29N3O5. The molecule has 3 aliphatic rings. The summed E-state index contributed by atoms with van der Waals surface area (Å²) in [6, 6.07) is 7.04. The molecule has 166 valence electrons. The molecule has 0 aromatic heterocycles. The molecule has 2 N–H and O–H groups in total. The first-order valence-corrected chi connectivity index (χ1v) is 11.1. The number of aryl methyl sites for hydroxylation is 1. The number of rotatable bonds is 5. The third kappa shape index (κ3) is 4.16. The molecule has 0 unspecified atom stereocenters. The number of hydrogen-bond acceptors (Lipinski definition) is 5. The Hall–Kier alpha value is -2.90. The van der Waals surface area contributed by atoms with E-state index in [1.165, 1.54) is 6.42 Å². The average Bonchev–Trinajstić information content (AvgIpc) is 2.99. The molecule has 4 amide bonds. The number of urea groups is 1. The Morgan fingerprint density at radius 1 is 1.19 bits per heavy atom.